The van der Waals surface area contributed by atoms with Gasteiger partial charge < -0.3 is 0 Å². The van der Waals surface area contributed by atoms with Crippen molar-refractivity contribution >= 4 is 5.78 Å². The predicted molar refractivity (Wildman–Crippen MR) is 32.7 cm³/mol. The van der Waals surface area contributed by atoms with Gasteiger partial charge in [0.15, 0.2) is 11.6 Å². The van der Waals surface area contributed by atoms with Gasteiger partial charge in [-0.2, -0.15) is 4.98 Å². The summed E-state index contributed by atoms with van der Waals surface area (Å²) in [5, 5.41) is 0. The minimum atomic E-state index is -0.555. The van der Waals surface area contributed by atoms with Crippen molar-refractivity contribution in [3.8, 4) is 0 Å². The van der Waals surface area contributed by atoms with Gasteiger partial charge in [0.2, 0.25) is 0 Å². The van der Waals surface area contributed by atoms with E-state index in [9.17, 15) is 9.59 Å². The Morgan fingerprint density at radius 3 is 2.70 bits per heavy atom. The number of Topliss-reactive ketones (excluding diaryl/α,β-unsaturated/α-hetero) is 1. The summed E-state index contributed by atoms with van der Waals surface area (Å²) in [6.07, 6.45) is 1.05. The molecule has 0 fully saturated rings. The van der Waals surface area contributed by atoms with Crippen molar-refractivity contribution in [2.75, 3.05) is 0 Å². The van der Waals surface area contributed by atoms with Crippen LogP contribution in [0.25, 0.3) is 0 Å². The molecule has 0 aromatic carbocycles. The molecule has 1 rings (SSSR count). The van der Waals surface area contributed by atoms with Crippen LogP contribution in [0.5, 0.6) is 0 Å². The highest BCUT2D eigenvalue weighted by molar-refractivity contribution is 5.89. The van der Waals surface area contributed by atoms with Crippen molar-refractivity contribution < 1.29 is 4.79 Å². The Labute approximate surface area is 56.1 Å². The van der Waals surface area contributed by atoms with Gasteiger partial charge in [0, 0.05) is 6.92 Å². The Morgan fingerprint density at radius 2 is 2.30 bits per heavy atom. The molecule has 0 bridgehead atoms. The number of aromatic amines is 1. The fourth-order valence-electron chi connectivity index (χ4n) is 0.484. The third-order valence-corrected chi connectivity index (χ3v) is 0.921. The molecule has 0 unspecified atom stereocenters. The maximum Gasteiger partial charge on any atom is 0.348 e. The van der Waals surface area contributed by atoms with Gasteiger partial charge in [0.1, 0.15) is 6.33 Å². The second-order valence-electron chi connectivity index (χ2n) is 1.71. The Hall–Kier alpha value is -1.52. The first-order chi connectivity index (χ1) is 4.70. The zero-order chi connectivity index (χ0) is 7.56. The first-order valence-electron chi connectivity index (χ1n) is 2.62. The number of carbonyl (C=O) groups is 1. The first-order valence-corrected chi connectivity index (χ1v) is 2.62. The number of hydrogen-bond acceptors (Lipinski definition) is 4. The number of ketones is 1. The van der Waals surface area contributed by atoms with E-state index in [1.54, 1.807) is 0 Å². The summed E-state index contributed by atoms with van der Waals surface area (Å²) in [5.74, 6) is -0.237. The zero-order valence-electron chi connectivity index (χ0n) is 5.29. The van der Waals surface area contributed by atoms with Crippen molar-refractivity contribution in [2.45, 2.75) is 6.92 Å². The molecular formula is C5H5N3O2. The highest BCUT2D eigenvalue weighted by Crippen LogP contribution is 1.81. The van der Waals surface area contributed by atoms with E-state index in [2.05, 4.69) is 15.0 Å². The van der Waals surface area contributed by atoms with E-state index in [0.29, 0.717) is 0 Å². The van der Waals surface area contributed by atoms with Crippen molar-refractivity contribution in [1.82, 2.24) is 15.0 Å². The number of H-pyrrole nitrogens is 1. The van der Waals surface area contributed by atoms with E-state index in [-0.39, 0.29) is 11.6 Å². The molecule has 5 nitrogen and oxygen atoms in total. The molecule has 1 aromatic heterocycles. The lowest BCUT2D eigenvalue weighted by Gasteiger charge is -1.88. The number of nitrogens with zero attached hydrogens (tertiary/aromatic N) is 2. The second-order valence-corrected chi connectivity index (χ2v) is 1.71. The van der Waals surface area contributed by atoms with Crippen molar-refractivity contribution in [1.29, 1.82) is 0 Å². The van der Waals surface area contributed by atoms with Crippen LogP contribution in [0.1, 0.15) is 17.5 Å². The van der Waals surface area contributed by atoms with Crippen LogP contribution in [0, 0.1) is 0 Å². The minimum absolute atomic E-state index is 0.0417. The Balaban J connectivity index is 3.20. The molecule has 1 heterocycles. The van der Waals surface area contributed by atoms with Crippen molar-refractivity contribution in [3.05, 3.63) is 22.6 Å². The smallest absolute Gasteiger partial charge is 0.291 e. The summed E-state index contributed by atoms with van der Waals surface area (Å²) >= 11 is 0. The van der Waals surface area contributed by atoms with Crippen LogP contribution in [0.3, 0.4) is 0 Å². The second kappa shape index (κ2) is 2.38. The molecule has 0 saturated carbocycles. The van der Waals surface area contributed by atoms with E-state index >= 15 is 0 Å². The lowest BCUT2D eigenvalue weighted by Crippen LogP contribution is -2.15. The summed E-state index contributed by atoms with van der Waals surface area (Å²) in [7, 11) is 0. The monoisotopic (exact) mass is 139 g/mol. The van der Waals surface area contributed by atoms with E-state index in [4.69, 9.17) is 0 Å². The highest BCUT2D eigenvalue weighted by Gasteiger charge is 1.99. The molecule has 0 saturated heterocycles. The number of aromatic nitrogens is 3. The topological polar surface area (TPSA) is 75.7 Å². The Kier molecular flexibility index (Phi) is 1.57. The molecule has 0 aliphatic heterocycles. The third kappa shape index (κ3) is 1.25. The minimum Gasteiger partial charge on any atom is -0.291 e. The molecule has 1 aromatic rings. The van der Waals surface area contributed by atoms with Gasteiger partial charge in [0.05, 0.1) is 0 Å². The van der Waals surface area contributed by atoms with E-state index in [0.717, 1.165) is 6.33 Å². The fourth-order valence-corrected chi connectivity index (χ4v) is 0.484. The number of nitrogens with one attached hydrogen (secondary N) is 1. The van der Waals surface area contributed by atoms with Gasteiger partial charge in [-0.15, -0.1) is 0 Å². The maximum absolute atomic E-state index is 10.5. The highest BCUT2D eigenvalue weighted by atomic mass is 16.1. The number of carbonyl (C=O) groups excluding carboxylic acids is 1. The predicted octanol–water partition coefficient (Wildman–Crippen LogP) is -0.633. The average molecular weight is 139 g/mol. The lowest BCUT2D eigenvalue weighted by atomic mass is 10.4. The van der Waals surface area contributed by atoms with Crippen LogP contribution in [-0.2, 0) is 0 Å². The molecule has 0 radical (unpaired) electrons. The first kappa shape index (κ1) is 6.60. The molecule has 0 aliphatic carbocycles. The largest absolute Gasteiger partial charge is 0.348 e. The molecule has 52 valence electrons. The quantitative estimate of drug-likeness (QED) is 0.525. The van der Waals surface area contributed by atoms with Crippen LogP contribution in [0.4, 0.5) is 0 Å². The van der Waals surface area contributed by atoms with E-state index in [1.165, 1.54) is 6.92 Å². The van der Waals surface area contributed by atoms with E-state index < -0.39 is 5.69 Å². The number of rotatable bonds is 1. The SMILES string of the molecule is CC(=O)c1ncnc(=O)[nH]1. The normalized spacial score (nSPS) is 9.30. The molecule has 0 aliphatic rings. The molecule has 0 amide bonds. The molecule has 1 N–H and O–H groups in total. The van der Waals surface area contributed by atoms with Crippen LogP contribution >= 0.6 is 0 Å². The van der Waals surface area contributed by atoms with Crippen LogP contribution < -0.4 is 5.69 Å². The number of hydrogen-bond donors (Lipinski definition) is 1. The Bertz CT molecular complexity index is 304. The molecule has 10 heavy (non-hydrogen) atoms. The van der Waals surface area contributed by atoms with Crippen LogP contribution in [0.15, 0.2) is 11.1 Å². The summed E-state index contributed by atoms with van der Waals surface area (Å²) < 4.78 is 0. The molecule has 0 spiro atoms. The van der Waals surface area contributed by atoms with Gasteiger partial charge >= 0.3 is 5.69 Å². The molecule has 0 atom stereocenters. The lowest BCUT2D eigenvalue weighted by molar-refractivity contribution is 0.100. The third-order valence-electron chi connectivity index (χ3n) is 0.921. The summed E-state index contributed by atoms with van der Waals surface area (Å²) in [6.45, 7) is 1.32. The summed E-state index contributed by atoms with van der Waals surface area (Å²) in [6, 6.07) is 0. The van der Waals surface area contributed by atoms with Gasteiger partial charge in [-0.05, 0) is 0 Å². The summed E-state index contributed by atoms with van der Waals surface area (Å²) in [5.41, 5.74) is -0.555. The van der Waals surface area contributed by atoms with Crippen LogP contribution in [0.2, 0.25) is 0 Å². The van der Waals surface area contributed by atoms with Crippen LogP contribution in [-0.4, -0.2) is 20.7 Å². The van der Waals surface area contributed by atoms with Crippen molar-refractivity contribution in [3.63, 3.8) is 0 Å². The molecular weight excluding hydrogens is 134 g/mol. The average Bonchev–Trinajstić information content (AvgIpc) is 1.88. The summed E-state index contributed by atoms with van der Waals surface area (Å²) in [4.78, 5) is 29.9. The fraction of sp³-hybridized carbons (Fsp3) is 0.200. The maximum atomic E-state index is 10.5. The Morgan fingerprint density at radius 1 is 1.60 bits per heavy atom. The standard InChI is InChI=1S/C5H5N3O2/c1-3(9)4-6-2-7-5(10)8-4/h2H,1H3,(H,6,7,8,10). The molecule has 5 heteroatoms. The van der Waals surface area contributed by atoms with Crippen molar-refractivity contribution in [2.24, 2.45) is 0 Å². The van der Waals surface area contributed by atoms with Gasteiger partial charge in [-0.1, -0.05) is 0 Å². The van der Waals surface area contributed by atoms with E-state index in [1.807, 2.05) is 0 Å². The zero-order valence-corrected chi connectivity index (χ0v) is 5.29. The van der Waals surface area contributed by atoms with Gasteiger partial charge in [-0.3, -0.25) is 9.78 Å². The van der Waals surface area contributed by atoms with Gasteiger partial charge in [-0.25, -0.2) is 9.78 Å². The van der Waals surface area contributed by atoms with Gasteiger partial charge in [0.25, 0.3) is 0 Å².